The van der Waals surface area contributed by atoms with Crippen molar-refractivity contribution in [1.29, 1.82) is 0 Å². The van der Waals surface area contributed by atoms with Gasteiger partial charge in [-0.1, -0.05) is 0 Å². The molecular formula is C13H12BrN3O. The Kier molecular flexibility index (Phi) is 3.72. The fraction of sp³-hybridized carbons (Fsp3) is 0.154. The Hall–Kier alpha value is -1.75. The van der Waals surface area contributed by atoms with Crippen molar-refractivity contribution in [1.82, 2.24) is 9.97 Å². The largest absolute Gasteiger partial charge is 0.306 e. The number of nitrogens with one attached hydrogen (secondary N) is 1. The summed E-state index contributed by atoms with van der Waals surface area (Å²) in [6.07, 6.45) is 3.20. The van der Waals surface area contributed by atoms with Gasteiger partial charge in [0.2, 0.25) is 0 Å². The molecular weight excluding hydrogens is 294 g/mol. The summed E-state index contributed by atoms with van der Waals surface area (Å²) in [4.78, 5) is 20.2. The number of hydrogen-bond acceptors (Lipinski definition) is 3. The highest BCUT2D eigenvalue weighted by Crippen LogP contribution is 2.17. The van der Waals surface area contributed by atoms with Gasteiger partial charge < -0.3 is 5.32 Å². The molecule has 2 aromatic rings. The van der Waals surface area contributed by atoms with Crippen molar-refractivity contribution >= 4 is 27.7 Å². The maximum Gasteiger partial charge on any atom is 0.258 e. The number of carbonyl (C=O) groups excluding carboxylic acids is 1. The van der Waals surface area contributed by atoms with E-state index in [0.717, 1.165) is 15.7 Å². The van der Waals surface area contributed by atoms with E-state index in [1.54, 1.807) is 24.5 Å². The molecule has 2 heterocycles. The monoisotopic (exact) mass is 305 g/mol. The van der Waals surface area contributed by atoms with E-state index in [0.29, 0.717) is 11.4 Å². The summed E-state index contributed by atoms with van der Waals surface area (Å²) in [5.41, 5.74) is 2.30. The van der Waals surface area contributed by atoms with Gasteiger partial charge in [-0.25, -0.2) is 4.98 Å². The van der Waals surface area contributed by atoms with Crippen LogP contribution in [0.15, 0.2) is 35.1 Å². The van der Waals surface area contributed by atoms with Gasteiger partial charge in [0.1, 0.15) is 5.82 Å². The van der Waals surface area contributed by atoms with Crippen molar-refractivity contribution in [2.45, 2.75) is 13.8 Å². The lowest BCUT2D eigenvalue weighted by Gasteiger charge is -2.07. The second-order valence-electron chi connectivity index (χ2n) is 3.96. The van der Waals surface area contributed by atoms with Crippen LogP contribution in [0.4, 0.5) is 5.82 Å². The summed E-state index contributed by atoms with van der Waals surface area (Å²) in [6, 6.07) is 5.44. The number of halogens is 1. The minimum absolute atomic E-state index is 0.208. The van der Waals surface area contributed by atoms with Gasteiger partial charge >= 0.3 is 0 Å². The van der Waals surface area contributed by atoms with Crippen molar-refractivity contribution in [3.05, 3.63) is 51.9 Å². The molecule has 0 aromatic carbocycles. The molecule has 1 N–H and O–H groups in total. The molecule has 2 rings (SSSR count). The molecule has 0 unspecified atom stereocenters. The Labute approximate surface area is 114 Å². The molecule has 0 saturated heterocycles. The summed E-state index contributed by atoms with van der Waals surface area (Å²) >= 11 is 3.33. The zero-order valence-corrected chi connectivity index (χ0v) is 11.7. The maximum atomic E-state index is 12.0. The number of amides is 1. The van der Waals surface area contributed by atoms with Gasteiger partial charge in [0.25, 0.3) is 5.91 Å². The molecule has 4 nitrogen and oxygen atoms in total. The predicted octanol–water partition coefficient (Wildman–Crippen LogP) is 3.11. The molecule has 1 amide bonds. The first-order valence-electron chi connectivity index (χ1n) is 5.42. The van der Waals surface area contributed by atoms with Gasteiger partial charge in [-0.3, -0.25) is 9.78 Å². The third-order valence-corrected chi connectivity index (χ3v) is 2.88. The van der Waals surface area contributed by atoms with E-state index in [2.05, 4.69) is 31.2 Å². The van der Waals surface area contributed by atoms with Gasteiger partial charge in [0, 0.05) is 22.6 Å². The molecule has 0 radical (unpaired) electrons. The number of rotatable bonds is 2. The first kappa shape index (κ1) is 12.7. The van der Waals surface area contributed by atoms with Crippen molar-refractivity contribution in [2.75, 3.05) is 5.32 Å². The zero-order valence-electron chi connectivity index (χ0n) is 10.1. The lowest BCUT2D eigenvalue weighted by Crippen LogP contribution is -2.14. The van der Waals surface area contributed by atoms with Crippen molar-refractivity contribution in [3.63, 3.8) is 0 Å². The molecule has 92 valence electrons. The molecule has 0 bridgehead atoms. The van der Waals surface area contributed by atoms with Gasteiger partial charge in [-0.05, 0) is 53.5 Å². The summed E-state index contributed by atoms with van der Waals surface area (Å²) < 4.78 is 0.884. The summed E-state index contributed by atoms with van der Waals surface area (Å²) in [5.74, 6) is 0.351. The van der Waals surface area contributed by atoms with Gasteiger partial charge in [-0.15, -0.1) is 0 Å². The predicted molar refractivity (Wildman–Crippen MR) is 73.6 cm³/mol. The van der Waals surface area contributed by atoms with Crippen molar-refractivity contribution in [3.8, 4) is 0 Å². The number of aromatic nitrogens is 2. The second kappa shape index (κ2) is 5.27. The van der Waals surface area contributed by atoms with Crippen LogP contribution in [0.3, 0.4) is 0 Å². The summed E-state index contributed by atoms with van der Waals surface area (Å²) in [6.45, 7) is 3.77. The van der Waals surface area contributed by atoms with E-state index in [1.807, 2.05) is 19.9 Å². The minimum atomic E-state index is -0.208. The lowest BCUT2D eigenvalue weighted by atomic mass is 10.2. The molecule has 0 aliphatic carbocycles. The number of pyridine rings is 2. The smallest absolute Gasteiger partial charge is 0.258 e. The average Bonchev–Trinajstić information content (AvgIpc) is 2.33. The van der Waals surface area contributed by atoms with Gasteiger partial charge in [0.05, 0.1) is 5.56 Å². The normalized spacial score (nSPS) is 10.2. The van der Waals surface area contributed by atoms with Crippen molar-refractivity contribution in [2.24, 2.45) is 0 Å². The Morgan fingerprint density at radius 1 is 1.22 bits per heavy atom. The van der Waals surface area contributed by atoms with Crippen LogP contribution in [-0.4, -0.2) is 15.9 Å². The Morgan fingerprint density at radius 2 is 2.00 bits per heavy atom. The summed E-state index contributed by atoms with van der Waals surface area (Å²) in [5, 5.41) is 2.76. The van der Waals surface area contributed by atoms with Crippen LogP contribution in [0.5, 0.6) is 0 Å². The van der Waals surface area contributed by atoms with E-state index in [4.69, 9.17) is 0 Å². The van der Waals surface area contributed by atoms with Crippen LogP contribution >= 0.6 is 15.9 Å². The molecule has 0 fully saturated rings. The zero-order chi connectivity index (χ0) is 13.1. The number of hydrogen-bond donors (Lipinski definition) is 1. The fourth-order valence-electron chi connectivity index (χ4n) is 1.45. The Bertz CT molecular complexity index is 581. The molecule has 0 aliphatic heterocycles. The molecule has 0 spiro atoms. The number of anilines is 1. The number of carbonyl (C=O) groups is 1. The lowest BCUT2D eigenvalue weighted by molar-refractivity contribution is 0.102. The summed E-state index contributed by atoms with van der Waals surface area (Å²) in [7, 11) is 0. The number of nitrogens with zero attached hydrogens (tertiary/aromatic N) is 2. The van der Waals surface area contributed by atoms with Crippen molar-refractivity contribution < 1.29 is 4.79 Å². The first-order chi connectivity index (χ1) is 8.56. The average molecular weight is 306 g/mol. The molecule has 0 saturated carbocycles. The highest BCUT2D eigenvalue weighted by atomic mass is 79.9. The van der Waals surface area contributed by atoms with Crippen LogP contribution in [0.25, 0.3) is 0 Å². The maximum absolute atomic E-state index is 12.0. The van der Waals surface area contributed by atoms with Crippen LogP contribution in [0.2, 0.25) is 0 Å². The SMILES string of the molecule is Cc1ccc(C(=O)Nc2ncc(Br)cc2C)cn1. The fourth-order valence-corrected chi connectivity index (χ4v) is 1.90. The highest BCUT2D eigenvalue weighted by molar-refractivity contribution is 9.10. The first-order valence-corrected chi connectivity index (χ1v) is 6.22. The van der Waals surface area contributed by atoms with Gasteiger partial charge in [0.15, 0.2) is 0 Å². The van der Waals surface area contributed by atoms with E-state index in [9.17, 15) is 4.79 Å². The van der Waals surface area contributed by atoms with E-state index in [-0.39, 0.29) is 5.91 Å². The third kappa shape index (κ3) is 2.92. The standard InChI is InChI=1S/C13H12BrN3O/c1-8-5-11(14)7-16-12(8)17-13(18)10-4-3-9(2)15-6-10/h3-7H,1-2H3,(H,16,17,18). The molecule has 18 heavy (non-hydrogen) atoms. The molecule has 2 aromatic heterocycles. The molecule has 0 atom stereocenters. The van der Waals surface area contributed by atoms with E-state index < -0.39 is 0 Å². The Morgan fingerprint density at radius 3 is 2.61 bits per heavy atom. The quantitative estimate of drug-likeness (QED) is 0.927. The highest BCUT2D eigenvalue weighted by Gasteiger charge is 2.09. The minimum Gasteiger partial charge on any atom is -0.306 e. The second-order valence-corrected chi connectivity index (χ2v) is 4.88. The van der Waals surface area contributed by atoms with E-state index >= 15 is 0 Å². The third-order valence-electron chi connectivity index (χ3n) is 2.45. The van der Waals surface area contributed by atoms with Crippen LogP contribution in [0, 0.1) is 13.8 Å². The number of aryl methyl sites for hydroxylation is 2. The van der Waals surface area contributed by atoms with Gasteiger partial charge in [-0.2, -0.15) is 0 Å². The topological polar surface area (TPSA) is 54.9 Å². The van der Waals surface area contributed by atoms with E-state index in [1.165, 1.54) is 0 Å². The molecule has 0 aliphatic rings. The van der Waals surface area contributed by atoms with Crippen LogP contribution in [0.1, 0.15) is 21.6 Å². The Balaban J connectivity index is 2.18. The van der Waals surface area contributed by atoms with Crippen LogP contribution < -0.4 is 5.32 Å². The molecule has 5 heteroatoms. The van der Waals surface area contributed by atoms with Crippen LogP contribution in [-0.2, 0) is 0 Å².